The summed E-state index contributed by atoms with van der Waals surface area (Å²) >= 11 is 7.50. The van der Waals surface area contributed by atoms with E-state index in [1.54, 1.807) is 24.6 Å². The van der Waals surface area contributed by atoms with E-state index in [-0.39, 0.29) is 24.0 Å². The Balaban J connectivity index is 0.00000288. The van der Waals surface area contributed by atoms with E-state index in [9.17, 15) is 0 Å². The molecule has 0 aromatic carbocycles. The Morgan fingerprint density at radius 1 is 1.25 bits per heavy atom. The van der Waals surface area contributed by atoms with Crippen LogP contribution in [0.5, 0.6) is 0 Å². The lowest BCUT2D eigenvalue weighted by molar-refractivity contribution is 0.736. The van der Waals surface area contributed by atoms with Crippen molar-refractivity contribution in [2.24, 2.45) is 4.99 Å². The highest BCUT2D eigenvalue weighted by Crippen LogP contribution is 2.10. The van der Waals surface area contributed by atoms with Crippen LogP contribution in [-0.2, 0) is 12.8 Å². The van der Waals surface area contributed by atoms with Gasteiger partial charge in [0.25, 0.3) is 0 Å². The van der Waals surface area contributed by atoms with Gasteiger partial charge in [0.05, 0.1) is 5.01 Å². The van der Waals surface area contributed by atoms with Crippen molar-refractivity contribution in [1.29, 1.82) is 0 Å². The summed E-state index contributed by atoms with van der Waals surface area (Å²) in [5, 5.41) is 10.4. The summed E-state index contributed by atoms with van der Waals surface area (Å²) < 4.78 is 0. The molecule has 0 amide bonds. The monoisotopic (exact) mass is 479 g/mol. The second kappa shape index (κ2) is 11.6. The Morgan fingerprint density at radius 3 is 2.67 bits per heavy atom. The summed E-state index contributed by atoms with van der Waals surface area (Å²) in [6.45, 7) is 3.70. The molecular weight excluding hydrogens is 457 g/mol. The van der Waals surface area contributed by atoms with E-state index in [0.29, 0.717) is 5.15 Å². The zero-order chi connectivity index (χ0) is 16.5. The van der Waals surface area contributed by atoms with Crippen LogP contribution in [0.15, 0.2) is 28.7 Å². The normalized spacial score (nSPS) is 11.0. The lowest BCUT2D eigenvalue weighted by Gasteiger charge is -2.11. The first-order chi connectivity index (χ1) is 11.2. The summed E-state index contributed by atoms with van der Waals surface area (Å²) in [4.78, 5) is 12.8. The summed E-state index contributed by atoms with van der Waals surface area (Å²) in [5.74, 6) is 0.822. The molecule has 0 bridgehead atoms. The number of nitrogens with zero attached hydrogens (tertiary/aromatic N) is 3. The van der Waals surface area contributed by atoms with Crippen molar-refractivity contribution >= 4 is 52.9 Å². The zero-order valence-electron chi connectivity index (χ0n) is 13.9. The number of aliphatic imine (C=N–C) groups is 1. The minimum absolute atomic E-state index is 0. The highest BCUT2D eigenvalue weighted by molar-refractivity contribution is 14.0. The number of thiazole rings is 1. The molecule has 5 nitrogen and oxygen atoms in total. The molecule has 0 fully saturated rings. The Morgan fingerprint density at radius 2 is 2.04 bits per heavy atom. The maximum atomic E-state index is 5.78. The fourth-order valence-electron chi connectivity index (χ4n) is 2.06. The van der Waals surface area contributed by atoms with Crippen molar-refractivity contribution in [1.82, 2.24) is 20.6 Å². The quantitative estimate of drug-likeness (QED) is 0.210. The van der Waals surface area contributed by atoms with Crippen LogP contribution in [-0.4, -0.2) is 36.1 Å². The summed E-state index contributed by atoms with van der Waals surface area (Å²) in [7, 11) is 1.78. The minimum atomic E-state index is 0. The van der Waals surface area contributed by atoms with Gasteiger partial charge in [0.1, 0.15) is 5.15 Å². The molecule has 0 saturated heterocycles. The molecule has 0 saturated carbocycles. The summed E-state index contributed by atoms with van der Waals surface area (Å²) in [6, 6.07) is 3.80. The van der Waals surface area contributed by atoms with Crippen molar-refractivity contribution in [2.45, 2.75) is 26.2 Å². The molecule has 2 heterocycles. The molecule has 0 spiro atoms. The zero-order valence-corrected chi connectivity index (χ0v) is 17.8. The molecular formula is C16H23ClIN5S. The number of halogens is 2. The van der Waals surface area contributed by atoms with Crippen LogP contribution in [0.4, 0.5) is 0 Å². The van der Waals surface area contributed by atoms with Crippen LogP contribution in [0.3, 0.4) is 0 Å². The number of nitrogens with one attached hydrogen (secondary N) is 2. The van der Waals surface area contributed by atoms with Crippen LogP contribution < -0.4 is 10.6 Å². The predicted octanol–water partition coefficient (Wildman–Crippen LogP) is 3.46. The number of hydrogen-bond acceptors (Lipinski definition) is 4. The van der Waals surface area contributed by atoms with Crippen molar-refractivity contribution in [3.8, 4) is 0 Å². The highest BCUT2D eigenvalue weighted by atomic mass is 127. The fraction of sp³-hybridized carbons (Fsp3) is 0.438. The molecule has 2 aromatic rings. The Kier molecular flexibility index (Phi) is 10.2. The first-order valence-corrected chi connectivity index (χ1v) is 8.89. The van der Waals surface area contributed by atoms with E-state index in [0.717, 1.165) is 49.6 Å². The molecule has 0 aliphatic heterocycles. The van der Waals surface area contributed by atoms with Crippen LogP contribution in [0.1, 0.15) is 22.7 Å². The standard InChI is InChI=1S/C16H22ClN5S.HI/c1-12-11-23-15(22-12)4-3-8-19-16(18-2)20-9-7-13-5-6-14(17)21-10-13;/h5-6,10-11H,3-4,7-9H2,1-2H3,(H2,18,19,20);1H. The smallest absolute Gasteiger partial charge is 0.190 e. The molecule has 24 heavy (non-hydrogen) atoms. The van der Waals surface area contributed by atoms with E-state index < -0.39 is 0 Å². The van der Waals surface area contributed by atoms with E-state index >= 15 is 0 Å². The van der Waals surface area contributed by atoms with Crippen molar-refractivity contribution in [3.63, 3.8) is 0 Å². The predicted molar refractivity (Wildman–Crippen MR) is 113 cm³/mol. The molecule has 0 radical (unpaired) electrons. The molecule has 0 atom stereocenters. The first-order valence-electron chi connectivity index (χ1n) is 7.63. The van der Waals surface area contributed by atoms with E-state index in [1.807, 2.05) is 19.1 Å². The van der Waals surface area contributed by atoms with Crippen molar-refractivity contribution in [3.05, 3.63) is 45.1 Å². The molecule has 2 rings (SSSR count). The topological polar surface area (TPSA) is 62.2 Å². The van der Waals surface area contributed by atoms with Gasteiger partial charge in [0.15, 0.2) is 5.96 Å². The lowest BCUT2D eigenvalue weighted by atomic mass is 10.2. The highest BCUT2D eigenvalue weighted by Gasteiger charge is 2.01. The lowest BCUT2D eigenvalue weighted by Crippen LogP contribution is -2.38. The van der Waals surface area contributed by atoms with Gasteiger partial charge >= 0.3 is 0 Å². The average Bonchev–Trinajstić information content (AvgIpc) is 2.97. The van der Waals surface area contributed by atoms with Gasteiger partial charge in [-0.15, -0.1) is 35.3 Å². The first kappa shape index (κ1) is 21.1. The van der Waals surface area contributed by atoms with Crippen LogP contribution >= 0.6 is 46.9 Å². The molecule has 0 unspecified atom stereocenters. The fourth-order valence-corrected chi connectivity index (χ4v) is 2.99. The SMILES string of the molecule is CN=C(NCCCc1nc(C)cs1)NCCc1ccc(Cl)nc1.I. The van der Waals surface area contributed by atoms with E-state index in [2.05, 4.69) is 31.0 Å². The van der Waals surface area contributed by atoms with Gasteiger partial charge in [-0.2, -0.15) is 0 Å². The van der Waals surface area contributed by atoms with Gasteiger partial charge in [-0.05, 0) is 31.4 Å². The van der Waals surface area contributed by atoms with Crippen molar-refractivity contribution < 1.29 is 0 Å². The largest absolute Gasteiger partial charge is 0.356 e. The third kappa shape index (κ3) is 7.76. The molecule has 2 aromatic heterocycles. The van der Waals surface area contributed by atoms with Crippen LogP contribution in [0.25, 0.3) is 0 Å². The Labute approximate surface area is 169 Å². The summed E-state index contributed by atoms with van der Waals surface area (Å²) in [6.07, 6.45) is 4.72. The molecule has 2 N–H and O–H groups in total. The average molecular weight is 480 g/mol. The van der Waals surface area contributed by atoms with Gasteiger partial charge in [-0.25, -0.2) is 9.97 Å². The van der Waals surface area contributed by atoms with E-state index in [1.165, 1.54) is 5.01 Å². The van der Waals surface area contributed by atoms with Crippen molar-refractivity contribution in [2.75, 3.05) is 20.1 Å². The third-order valence-corrected chi connectivity index (χ3v) is 4.49. The van der Waals surface area contributed by atoms with Gasteiger partial charge in [0, 0.05) is 43.8 Å². The van der Waals surface area contributed by atoms with E-state index in [4.69, 9.17) is 11.6 Å². The number of guanidine groups is 1. The number of aryl methyl sites for hydroxylation is 2. The second-order valence-electron chi connectivity index (χ2n) is 5.15. The molecule has 132 valence electrons. The molecule has 0 aliphatic carbocycles. The summed E-state index contributed by atoms with van der Waals surface area (Å²) in [5.41, 5.74) is 2.25. The van der Waals surface area contributed by atoms with Crippen LogP contribution in [0, 0.1) is 6.92 Å². The number of aromatic nitrogens is 2. The van der Waals surface area contributed by atoms with Gasteiger partial charge in [0.2, 0.25) is 0 Å². The minimum Gasteiger partial charge on any atom is -0.356 e. The van der Waals surface area contributed by atoms with Gasteiger partial charge in [-0.1, -0.05) is 17.7 Å². The number of pyridine rings is 1. The maximum Gasteiger partial charge on any atom is 0.190 e. The Hall–Kier alpha value is -0.930. The van der Waals surface area contributed by atoms with Gasteiger partial charge in [-0.3, -0.25) is 4.99 Å². The third-order valence-electron chi connectivity index (χ3n) is 3.24. The van der Waals surface area contributed by atoms with Crippen LogP contribution in [0.2, 0.25) is 5.15 Å². The molecule has 0 aliphatic rings. The second-order valence-corrected chi connectivity index (χ2v) is 6.48. The number of hydrogen-bond donors (Lipinski definition) is 2. The maximum absolute atomic E-state index is 5.78. The molecule has 8 heteroatoms. The van der Waals surface area contributed by atoms with Gasteiger partial charge < -0.3 is 10.6 Å². The Bertz CT molecular complexity index is 630. The number of rotatable bonds is 7.